The van der Waals surface area contributed by atoms with Gasteiger partial charge in [0.15, 0.2) is 5.78 Å². The zero-order valence-electron chi connectivity index (χ0n) is 11.4. The minimum absolute atomic E-state index is 0.270. The lowest BCUT2D eigenvalue weighted by atomic mass is 9.90. The molecular weight excluding hydrogens is 238 g/mol. The molecule has 0 bridgehead atoms. The second-order valence-electron chi connectivity index (χ2n) is 5.49. The van der Waals surface area contributed by atoms with Crippen molar-refractivity contribution in [1.82, 2.24) is 4.90 Å². The molecule has 2 aliphatic rings. The van der Waals surface area contributed by atoms with Gasteiger partial charge in [0.05, 0.1) is 0 Å². The van der Waals surface area contributed by atoms with Crippen LogP contribution in [0.15, 0.2) is 18.2 Å². The molecule has 0 spiro atoms. The fourth-order valence-corrected chi connectivity index (χ4v) is 3.00. The van der Waals surface area contributed by atoms with Gasteiger partial charge in [0.25, 0.3) is 0 Å². The Bertz CT molecular complexity index is 464. The van der Waals surface area contributed by atoms with Crippen LogP contribution in [0.3, 0.4) is 0 Å². The lowest BCUT2D eigenvalue weighted by Crippen LogP contribution is -2.25. The number of benzene rings is 1. The second-order valence-corrected chi connectivity index (χ2v) is 5.49. The third kappa shape index (κ3) is 2.98. The standard InChI is InChI=1S/C16H21NO2/c18-16-5-3-4-13-6-7-14(12-15(13)16)19-11-10-17-8-1-2-9-17/h6-7,12H,1-5,8-11H2. The van der Waals surface area contributed by atoms with Crippen LogP contribution in [0, 0.1) is 0 Å². The summed E-state index contributed by atoms with van der Waals surface area (Å²) in [5.41, 5.74) is 2.06. The van der Waals surface area contributed by atoms with Crippen molar-refractivity contribution in [3.8, 4) is 5.75 Å². The van der Waals surface area contributed by atoms with Crippen LogP contribution in [0.5, 0.6) is 5.75 Å². The summed E-state index contributed by atoms with van der Waals surface area (Å²) in [7, 11) is 0. The summed E-state index contributed by atoms with van der Waals surface area (Å²) in [6.07, 6.45) is 5.32. The number of Topliss-reactive ketones (excluding diaryl/α,β-unsaturated/α-hetero) is 1. The van der Waals surface area contributed by atoms with Crippen molar-refractivity contribution in [2.24, 2.45) is 0 Å². The average molecular weight is 259 g/mol. The molecule has 1 aliphatic heterocycles. The van der Waals surface area contributed by atoms with Gasteiger partial charge in [0.1, 0.15) is 12.4 Å². The summed E-state index contributed by atoms with van der Waals surface area (Å²) in [4.78, 5) is 14.3. The molecule has 1 heterocycles. The predicted molar refractivity (Wildman–Crippen MR) is 74.9 cm³/mol. The summed E-state index contributed by atoms with van der Waals surface area (Å²) in [6, 6.07) is 5.99. The van der Waals surface area contributed by atoms with Gasteiger partial charge in [-0.2, -0.15) is 0 Å². The molecule has 3 nitrogen and oxygen atoms in total. The lowest BCUT2D eigenvalue weighted by Gasteiger charge is -2.17. The van der Waals surface area contributed by atoms with E-state index in [1.165, 1.54) is 31.5 Å². The molecular formula is C16H21NO2. The monoisotopic (exact) mass is 259 g/mol. The maximum absolute atomic E-state index is 11.9. The number of nitrogens with zero attached hydrogens (tertiary/aromatic N) is 1. The number of ketones is 1. The Hall–Kier alpha value is -1.35. The van der Waals surface area contributed by atoms with Gasteiger partial charge in [-0.15, -0.1) is 0 Å². The first kappa shape index (κ1) is 12.7. The number of likely N-dealkylation sites (tertiary alicyclic amines) is 1. The Balaban J connectivity index is 1.58. The van der Waals surface area contributed by atoms with E-state index >= 15 is 0 Å². The summed E-state index contributed by atoms with van der Waals surface area (Å²) >= 11 is 0. The highest BCUT2D eigenvalue weighted by Gasteiger charge is 2.17. The van der Waals surface area contributed by atoms with Crippen molar-refractivity contribution < 1.29 is 9.53 Å². The van der Waals surface area contributed by atoms with E-state index in [2.05, 4.69) is 11.0 Å². The molecule has 0 radical (unpaired) electrons. The first-order chi connectivity index (χ1) is 9.33. The summed E-state index contributed by atoms with van der Waals surface area (Å²) in [6.45, 7) is 4.11. The SMILES string of the molecule is O=C1CCCc2ccc(OCCN3CCCC3)cc21. The molecule has 0 atom stereocenters. The molecule has 102 valence electrons. The number of carbonyl (C=O) groups excluding carboxylic acids is 1. The van der Waals surface area contributed by atoms with Crippen molar-refractivity contribution in [2.75, 3.05) is 26.2 Å². The quantitative estimate of drug-likeness (QED) is 0.832. The molecule has 0 saturated carbocycles. The van der Waals surface area contributed by atoms with E-state index in [4.69, 9.17) is 4.74 Å². The van der Waals surface area contributed by atoms with Gasteiger partial charge >= 0.3 is 0 Å². The van der Waals surface area contributed by atoms with Crippen molar-refractivity contribution in [3.05, 3.63) is 29.3 Å². The third-order valence-electron chi connectivity index (χ3n) is 4.11. The molecule has 0 amide bonds. The number of hydrogen-bond acceptors (Lipinski definition) is 3. The number of fused-ring (bicyclic) bond motifs is 1. The van der Waals surface area contributed by atoms with Crippen LogP contribution in [0.1, 0.15) is 41.6 Å². The van der Waals surface area contributed by atoms with Crippen LogP contribution in [-0.4, -0.2) is 36.9 Å². The molecule has 0 N–H and O–H groups in total. The van der Waals surface area contributed by atoms with Gasteiger partial charge in [0.2, 0.25) is 0 Å². The number of rotatable bonds is 4. The average Bonchev–Trinajstić information content (AvgIpc) is 2.93. The Labute approximate surface area is 114 Å². The molecule has 3 rings (SSSR count). The van der Waals surface area contributed by atoms with Crippen LogP contribution in [0.25, 0.3) is 0 Å². The topological polar surface area (TPSA) is 29.5 Å². The molecule has 0 unspecified atom stereocenters. The van der Waals surface area contributed by atoms with Gasteiger partial charge in [-0.05, 0) is 56.5 Å². The van der Waals surface area contributed by atoms with E-state index in [9.17, 15) is 4.79 Å². The van der Waals surface area contributed by atoms with Crippen LogP contribution < -0.4 is 4.74 Å². The van der Waals surface area contributed by atoms with Crippen LogP contribution in [0.2, 0.25) is 0 Å². The highest BCUT2D eigenvalue weighted by molar-refractivity contribution is 5.98. The Morgan fingerprint density at radius 1 is 1.11 bits per heavy atom. The Morgan fingerprint density at radius 3 is 2.79 bits per heavy atom. The summed E-state index contributed by atoms with van der Waals surface area (Å²) < 4.78 is 5.79. The van der Waals surface area contributed by atoms with Gasteiger partial charge in [-0.25, -0.2) is 0 Å². The maximum atomic E-state index is 11.9. The Morgan fingerprint density at radius 2 is 1.95 bits per heavy atom. The molecule has 1 aliphatic carbocycles. The fraction of sp³-hybridized carbons (Fsp3) is 0.562. The van der Waals surface area contributed by atoms with E-state index < -0.39 is 0 Å². The maximum Gasteiger partial charge on any atom is 0.163 e. The largest absolute Gasteiger partial charge is 0.492 e. The van der Waals surface area contributed by atoms with Crippen molar-refractivity contribution >= 4 is 5.78 Å². The van der Waals surface area contributed by atoms with E-state index in [-0.39, 0.29) is 5.78 Å². The van der Waals surface area contributed by atoms with Gasteiger partial charge < -0.3 is 4.74 Å². The molecule has 19 heavy (non-hydrogen) atoms. The molecule has 3 heteroatoms. The van der Waals surface area contributed by atoms with Crippen molar-refractivity contribution in [2.45, 2.75) is 32.1 Å². The van der Waals surface area contributed by atoms with Crippen LogP contribution in [0.4, 0.5) is 0 Å². The van der Waals surface area contributed by atoms with Gasteiger partial charge in [0, 0.05) is 18.5 Å². The van der Waals surface area contributed by atoms with E-state index in [0.29, 0.717) is 13.0 Å². The smallest absolute Gasteiger partial charge is 0.163 e. The molecule has 1 fully saturated rings. The zero-order chi connectivity index (χ0) is 13.1. The number of ether oxygens (including phenoxy) is 1. The van der Waals surface area contributed by atoms with Crippen LogP contribution >= 0.6 is 0 Å². The van der Waals surface area contributed by atoms with Crippen molar-refractivity contribution in [1.29, 1.82) is 0 Å². The van der Waals surface area contributed by atoms with Crippen molar-refractivity contribution in [3.63, 3.8) is 0 Å². The molecule has 1 aromatic rings. The van der Waals surface area contributed by atoms with E-state index in [1.807, 2.05) is 12.1 Å². The highest BCUT2D eigenvalue weighted by Crippen LogP contribution is 2.25. The minimum Gasteiger partial charge on any atom is -0.492 e. The van der Waals surface area contributed by atoms with Crippen LogP contribution in [-0.2, 0) is 6.42 Å². The normalized spacial score (nSPS) is 19.5. The fourth-order valence-electron chi connectivity index (χ4n) is 3.00. The molecule has 1 saturated heterocycles. The minimum atomic E-state index is 0.270. The summed E-state index contributed by atoms with van der Waals surface area (Å²) in [5.74, 6) is 1.11. The van der Waals surface area contributed by atoms with E-state index in [1.54, 1.807) is 0 Å². The number of hydrogen-bond donors (Lipinski definition) is 0. The van der Waals surface area contributed by atoms with Gasteiger partial charge in [-0.1, -0.05) is 6.07 Å². The number of aryl methyl sites for hydroxylation is 1. The number of carbonyl (C=O) groups is 1. The first-order valence-electron chi connectivity index (χ1n) is 7.34. The second kappa shape index (κ2) is 5.74. The molecule has 1 aromatic carbocycles. The van der Waals surface area contributed by atoms with Gasteiger partial charge in [-0.3, -0.25) is 9.69 Å². The first-order valence-corrected chi connectivity index (χ1v) is 7.34. The highest BCUT2D eigenvalue weighted by atomic mass is 16.5. The summed E-state index contributed by atoms with van der Waals surface area (Å²) in [5, 5.41) is 0. The Kier molecular flexibility index (Phi) is 3.83. The molecule has 0 aromatic heterocycles. The third-order valence-corrected chi connectivity index (χ3v) is 4.11. The predicted octanol–water partition coefficient (Wildman–Crippen LogP) is 2.68. The van der Waals surface area contributed by atoms with E-state index in [0.717, 1.165) is 30.7 Å². The zero-order valence-corrected chi connectivity index (χ0v) is 11.4. The lowest BCUT2D eigenvalue weighted by molar-refractivity contribution is 0.0972.